The minimum Gasteiger partial charge on any atom is -0.489 e. The Labute approximate surface area is 112 Å². The molecule has 4 heteroatoms. The molecule has 19 heavy (non-hydrogen) atoms. The second-order valence-corrected chi connectivity index (χ2v) is 4.33. The SMILES string of the molecule is NCC(N)c1ccc(OCc2ccc(F)cc2)cc1. The topological polar surface area (TPSA) is 61.3 Å². The van der Waals surface area contributed by atoms with E-state index in [9.17, 15) is 4.39 Å². The van der Waals surface area contributed by atoms with Gasteiger partial charge in [0.2, 0.25) is 0 Å². The van der Waals surface area contributed by atoms with Crippen molar-refractivity contribution in [1.29, 1.82) is 0 Å². The lowest BCUT2D eigenvalue weighted by Crippen LogP contribution is -2.20. The fourth-order valence-electron chi connectivity index (χ4n) is 1.69. The number of nitrogens with two attached hydrogens (primary N) is 2. The van der Waals surface area contributed by atoms with Crippen LogP contribution in [0, 0.1) is 5.82 Å². The quantitative estimate of drug-likeness (QED) is 0.867. The van der Waals surface area contributed by atoms with E-state index in [4.69, 9.17) is 16.2 Å². The van der Waals surface area contributed by atoms with Crippen LogP contribution < -0.4 is 16.2 Å². The molecule has 0 saturated heterocycles. The second kappa shape index (κ2) is 6.31. The van der Waals surface area contributed by atoms with Gasteiger partial charge in [0.25, 0.3) is 0 Å². The Kier molecular flexibility index (Phi) is 4.49. The van der Waals surface area contributed by atoms with Gasteiger partial charge in [-0.2, -0.15) is 0 Å². The van der Waals surface area contributed by atoms with E-state index in [0.717, 1.165) is 16.9 Å². The van der Waals surface area contributed by atoms with Crippen molar-refractivity contribution in [2.75, 3.05) is 6.54 Å². The van der Waals surface area contributed by atoms with Gasteiger partial charge in [0.15, 0.2) is 0 Å². The van der Waals surface area contributed by atoms with E-state index < -0.39 is 0 Å². The third-order valence-electron chi connectivity index (χ3n) is 2.88. The van der Waals surface area contributed by atoms with Gasteiger partial charge in [0.05, 0.1) is 0 Å². The molecule has 0 aromatic heterocycles. The van der Waals surface area contributed by atoms with E-state index in [0.29, 0.717) is 13.2 Å². The molecule has 3 nitrogen and oxygen atoms in total. The highest BCUT2D eigenvalue weighted by Gasteiger charge is 2.03. The molecular weight excluding hydrogens is 243 g/mol. The molecule has 0 radical (unpaired) electrons. The maximum Gasteiger partial charge on any atom is 0.123 e. The Morgan fingerprint density at radius 2 is 1.63 bits per heavy atom. The fraction of sp³-hybridized carbons (Fsp3) is 0.200. The molecule has 0 bridgehead atoms. The van der Waals surface area contributed by atoms with Crippen LogP contribution in [0.15, 0.2) is 48.5 Å². The Balaban J connectivity index is 1.94. The third-order valence-corrected chi connectivity index (χ3v) is 2.88. The lowest BCUT2D eigenvalue weighted by molar-refractivity contribution is 0.306. The summed E-state index contributed by atoms with van der Waals surface area (Å²) in [5.41, 5.74) is 13.2. The van der Waals surface area contributed by atoms with E-state index in [1.807, 2.05) is 24.3 Å². The molecule has 1 atom stereocenters. The molecule has 100 valence electrons. The highest BCUT2D eigenvalue weighted by atomic mass is 19.1. The van der Waals surface area contributed by atoms with Crippen LogP contribution >= 0.6 is 0 Å². The van der Waals surface area contributed by atoms with Gasteiger partial charge in [-0.15, -0.1) is 0 Å². The maximum absolute atomic E-state index is 12.7. The zero-order chi connectivity index (χ0) is 13.7. The lowest BCUT2D eigenvalue weighted by Gasteiger charge is -2.10. The second-order valence-electron chi connectivity index (χ2n) is 4.33. The van der Waals surface area contributed by atoms with Crippen molar-refractivity contribution in [3.8, 4) is 5.75 Å². The number of halogens is 1. The summed E-state index contributed by atoms with van der Waals surface area (Å²) in [5.74, 6) is 0.501. The molecule has 0 spiro atoms. The zero-order valence-corrected chi connectivity index (χ0v) is 10.6. The van der Waals surface area contributed by atoms with Crippen molar-refractivity contribution >= 4 is 0 Å². The molecule has 0 amide bonds. The van der Waals surface area contributed by atoms with E-state index >= 15 is 0 Å². The molecule has 0 fully saturated rings. The van der Waals surface area contributed by atoms with E-state index in [1.54, 1.807) is 12.1 Å². The van der Waals surface area contributed by atoms with Crippen LogP contribution in [-0.2, 0) is 6.61 Å². The van der Waals surface area contributed by atoms with Crippen LogP contribution in [0.2, 0.25) is 0 Å². The Hall–Kier alpha value is -1.91. The average Bonchev–Trinajstić information content (AvgIpc) is 2.46. The summed E-state index contributed by atoms with van der Waals surface area (Å²) < 4.78 is 18.3. The standard InChI is InChI=1S/C15H17FN2O/c16-13-5-1-11(2-6-13)10-19-14-7-3-12(4-8-14)15(18)9-17/h1-8,15H,9-10,17-18H2. The molecule has 2 aromatic carbocycles. The molecule has 0 heterocycles. The number of hydrogen-bond donors (Lipinski definition) is 2. The van der Waals surface area contributed by atoms with Crippen molar-refractivity contribution in [3.63, 3.8) is 0 Å². The summed E-state index contributed by atoms with van der Waals surface area (Å²) in [6, 6.07) is 13.6. The van der Waals surface area contributed by atoms with Crippen LogP contribution in [-0.4, -0.2) is 6.54 Å². The first kappa shape index (κ1) is 13.5. The monoisotopic (exact) mass is 260 g/mol. The molecule has 2 aromatic rings. The molecule has 4 N–H and O–H groups in total. The summed E-state index contributed by atoms with van der Waals surface area (Å²) in [5, 5.41) is 0. The van der Waals surface area contributed by atoms with Crippen molar-refractivity contribution in [3.05, 3.63) is 65.5 Å². The molecular formula is C15H17FN2O. The Morgan fingerprint density at radius 3 is 2.21 bits per heavy atom. The van der Waals surface area contributed by atoms with Crippen LogP contribution in [0.3, 0.4) is 0 Å². The molecule has 0 aliphatic carbocycles. The van der Waals surface area contributed by atoms with Crippen molar-refractivity contribution in [2.45, 2.75) is 12.6 Å². The first-order chi connectivity index (χ1) is 9.19. The fourth-order valence-corrected chi connectivity index (χ4v) is 1.69. The summed E-state index contributed by atoms with van der Waals surface area (Å²) in [7, 11) is 0. The number of hydrogen-bond acceptors (Lipinski definition) is 3. The smallest absolute Gasteiger partial charge is 0.123 e. The van der Waals surface area contributed by atoms with Crippen molar-refractivity contribution in [1.82, 2.24) is 0 Å². The van der Waals surface area contributed by atoms with Gasteiger partial charge < -0.3 is 16.2 Å². The van der Waals surface area contributed by atoms with E-state index in [-0.39, 0.29) is 11.9 Å². The van der Waals surface area contributed by atoms with E-state index in [1.165, 1.54) is 12.1 Å². The summed E-state index contributed by atoms with van der Waals surface area (Å²) >= 11 is 0. The number of rotatable bonds is 5. The maximum atomic E-state index is 12.7. The van der Waals surface area contributed by atoms with Gasteiger partial charge >= 0.3 is 0 Å². The highest BCUT2D eigenvalue weighted by molar-refractivity contribution is 5.29. The van der Waals surface area contributed by atoms with Gasteiger partial charge in [-0.1, -0.05) is 24.3 Å². The van der Waals surface area contributed by atoms with Crippen molar-refractivity contribution < 1.29 is 9.13 Å². The Bertz CT molecular complexity index is 511. The summed E-state index contributed by atoms with van der Waals surface area (Å²) in [6.45, 7) is 0.818. The molecule has 2 rings (SSSR count). The first-order valence-electron chi connectivity index (χ1n) is 6.12. The lowest BCUT2D eigenvalue weighted by atomic mass is 10.1. The number of ether oxygens (including phenoxy) is 1. The van der Waals surface area contributed by atoms with Crippen LogP contribution in [0.4, 0.5) is 4.39 Å². The average molecular weight is 260 g/mol. The highest BCUT2D eigenvalue weighted by Crippen LogP contribution is 2.17. The normalized spacial score (nSPS) is 12.2. The third kappa shape index (κ3) is 3.77. The molecule has 1 unspecified atom stereocenters. The van der Waals surface area contributed by atoms with Gasteiger partial charge in [0, 0.05) is 12.6 Å². The van der Waals surface area contributed by atoms with Gasteiger partial charge in [-0.3, -0.25) is 0 Å². The van der Waals surface area contributed by atoms with E-state index in [2.05, 4.69) is 0 Å². The van der Waals surface area contributed by atoms with Crippen molar-refractivity contribution in [2.24, 2.45) is 11.5 Å². The van der Waals surface area contributed by atoms with Crippen LogP contribution in [0.25, 0.3) is 0 Å². The zero-order valence-electron chi connectivity index (χ0n) is 10.6. The minimum atomic E-state index is -0.246. The predicted octanol–water partition coefficient (Wildman–Crippen LogP) is 2.36. The van der Waals surface area contributed by atoms with Gasteiger partial charge in [-0.25, -0.2) is 4.39 Å². The minimum absolute atomic E-state index is 0.147. The summed E-state index contributed by atoms with van der Waals surface area (Å²) in [4.78, 5) is 0. The van der Waals surface area contributed by atoms with Crippen LogP contribution in [0.1, 0.15) is 17.2 Å². The molecule has 0 saturated carbocycles. The predicted molar refractivity (Wildman–Crippen MR) is 73.2 cm³/mol. The van der Waals surface area contributed by atoms with Crippen LogP contribution in [0.5, 0.6) is 5.75 Å². The molecule has 0 aliphatic heterocycles. The largest absolute Gasteiger partial charge is 0.489 e. The first-order valence-corrected chi connectivity index (χ1v) is 6.12. The summed E-state index contributed by atoms with van der Waals surface area (Å²) in [6.07, 6.45) is 0. The van der Waals surface area contributed by atoms with Gasteiger partial charge in [0.1, 0.15) is 18.2 Å². The number of benzene rings is 2. The Morgan fingerprint density at radius 1 is 1.00 bits per heavy atom. The van der Waals surface area contributed by atoms with Gasteiger partial charge in [-0.05, 0) is 35.4 Å². The molecule has 0 aliphatic rings.